The van der Waals surface area contributed by atoms with Crippen molar-refractivity contribution in [3.8, 4) is 16.8 Å². The lowest BCUT2D eigenvalue weighted by Crippen LogP contribution is -2.27. The van der Waals surface area contributed by atoms with Crippen LogP contribution in [0.25, 0.3) is 16.8 Å². The molecule has 0 radical (unpaired) electrons. The Morgan fingerprint density at radius 2 is 1.59 bits per heavy atom. The van der Waals surface area contributed by atoms with Crippen LogP contribution in [0.5, 0.6) is 0 Å². The fourth-order valence-corrected chi connectivity index (χ4v) is 4.06. The van der Waals surface area contributed by atoms with Gasteiger partial charge >= 0.3 is 6.03 Å². The van der Waals surface area contributed by atoms with Gasteiger partial charge < -0.3 is 4.90 Å². The van der Waals surface area contributed by atoms with Gasteiger partial charge in [-0.25, -0.2) is 9.18 Å². The number of benzene rings is 2. The molecule has 4 rings (SSSR count). The Morgan fingerprint density at radius 1 is 1.00 bits per heavy atom. The average Bonchev–Trinajstić information content (AvgIpc) is 3.33. The molecule has 1 aliphatic heterocycles. The van der Waals surface area contributed by atoms with Crippen LogP contribution >= 0.6 is 11.3 Å². The molecule has 0 atom stereocenters. The first kappa shape index (κ1) is 17.7. The van der Waals surface area contributed by atoms with Gasteiger partial charge in [0.2, 0.25) is 0 Å². The van der Waals surface area contributed by atoms with Crippen molar-refractivity contribution in [2.24, 2.45) is 4.99 Å². The van der Waals surface area contributed by atoms with E-state index in [4.69, 9.17) is 0 Å². The van der Waals surface area contributed by atoms with Crippen LogP contribution in [-0.4, -0.2) is 28.6 Å². The summed E-state index contributed by atoms with van der Waals surface area (Å²) in [7, 11) is 0. The molecule has 0 spiro atoms. The smallest absolute Gasteiger partial charge is 0.323 e. The number of rotatable bonds is 2. The molecule has 1 aliphatic rings. The molecule has 138 valence electrons. The normalized spacial score (nSPS) is 14.7. The summed E-state index contributed by atoms with van der Waals surface area (Å²) in [6, 6.07) is 14.3. The highest BCUT2D eigenvalue weighted by Crippen LogP contribution is 2.21. The van der Waals surface area contributed by atoms with E-state index in [1.165, 1.54) is 23.5 Å². The summed E-state index contributed by atoms with van der Waals surface area (Å²) in [6.45, 7) is 3.59. The third-order valence-electron chi connectivity index (χ3n) is 4.66. The summed E-state index contributed by atoms with van der Waals surface area (Å²) in [5.74, 6) is -0.242. The van der Waals surface area contributed by atoms with Crippen LogP contribution in [-0.2, 0) is 0 Å². The van der Waals surface area contributed by atoms with Crippen molar-refractivity contribution in [2.75, 3.05) is 13.1 Å². The third-order valence-corrected chi connectivity index (χ3v) is 5.56. The molecular weight excluding hydrogens is 361 g/mol. The molecule has 2 aromatic carbocycles. The maximum absolute atomic E-state index is 13.1. The van der Waals surface area contributed by atoms with Gasteiger partial charge in [-0.1, -0.05) is 24.3 Å². The Bertz CT molecular complexity index is 1010. The Labute approximate surface area is 161 Å². The van der Waals surface area contributed by atoms with E-state index < -0.39 is 0 Å². The van der Waals surface area contributed by atoms with E-state index in [9.17, 15) is 9.18 Å². The van der Waals surface area contributed by atoms with Gasteiger partial charge in [0.25, 0.3) is 0 Å². The molecule has 0 bridgehead atoms. The Balaban J connectivity index is 1.65. The number of halogens is 1. The molecule has 6 heteroatoms. The minimum absolute atomic E-state index is 0.161. The van der Waals surface area contributed by atoms with Crippen LogP contribution in [0.1, 0.15) is 17.7 Å². The summed E-state index contributed by atoms with van der Waals surface area (Å²) >= 11 is 1.51. The largest absolute Gasteiger partial charge is 0.346 e. The van der Waals surface area contributed by atoms with Gasteiger partial charge in [0.15, 0.2) is 4.80 Å². The van der Waals surface area contributed by atoms with Gasteiger partial charge in [0.05, 0.1) is 0 Å². The predicted molar refractivity (Wildman–Crippen MR) is 106 cm³/mol. The molecule has 27 heavy (non-hydrogen) atoms. The molecule has 0 unspecified atom stereocenters. The van der Waals surface area contributed by atoms with Crippen LogP contribution in [0.3, 0.4) is 0 Å². The molecule has 1 fully saturated rings. The standard InChI is InChI=1S/C21H20FN3OS/c1-15-14-25(21(27-15)23-20(26)24-12-2-3-13-24)19-10-6-17(7-11-19)16-4-8-18(22)9-5-16/h4-11,14H,2-3,12-13H2,1H3. The van der Waals surface area contributed by atoms with Crippen LogP contribution in [0.15, 0.2) is 59.7 Å². The van der Waals surface area contributed by atoms with Gasteiger partial charge in [-0.15, -0.1) is 11.3 Å². The molecule has 4 nitrogen and oxygen atoms in total. The maximum Gasteiger partial charge on any atom is 0.346 e. The van der Waals surface area contributed by atoms with Crippen LogP contribution in [0, 0.1) is 12.7 Å². The summed E-state index contributed by atoms with van der Waals surface area (Å²) in [6.07, 6.45) is 4.10. The molecule has 0 N–H and O–H groups in total. The summed E-state index contributed by atoms with van der Waals surface area (Å²) < 4.78 is 15.1. The number of carbonyl (C=O) groups excluding carboxylic acids is 1. The number of amides is 2. The SMILES string of the molecule is Cc1cn(-c2ccc(-c3ccc(F)cc3)cc2)c(=NC(=O)N2CCCC2)s1. The Hall–Kier alpha value is -2.73. The van der Waals surface area contributed by atoms with E-state index in [2.05, 4.69) is 4.99 Å². The Kier molecular flexibility index (Phi) is 4.90. The minimum Gasteiger partial charge on any atom is -0.323 e. The second-order valence-corrected chi connectivity index (χ2v) is 7.85. The molecule has 3 aromatic rings. The lowest BCUT2D eigenvalue weighted by atomic mass is 10.1. The highest BCUT2D eigenvalue weighted by atomic mass is 32.1. The number of nitrogens with zero attached hydrogens (tertiary/aromatic N) is 3. The lowest BCUT2D eigenvalue weighted by molar-refractivity contribution is 0.218. The molecule has 2 amide bonds. The highest BCUT2D eigenvalue weighted by molar-refractivity contribution is 7.09. The van der Waals surface area contributed by atoms with E-state index in [-0.39, 0.29) is 11.8 Å². The van der Waals surface area contributed by atoms with E-state index in [0.29, 0.717) is 4.80 Å². The molecule has 2 heterocycles. The Morgan fingerprint density at radius 3 is 2.22 bits per heavy atom. The first-order valence-corrected chi connectivity index (χ1v) is 9.81. The number of aryl methyl sites for hydroxylation is 1. The zero-order valence-corrected chi connectivity index (χ0v) is 15.9. The summed E-state index contributed by atoms with van der Waals surface area (Å²) in [5.41, 5.74) is 2.92. The van der Waals surface area contributed by atoms with Crippen molar-refractivity contribution in [1.29, 1.82) is 0 Å². The van der Waals surface area contributed by atoms with Gasteiger partial charge in [-0.3, -0.25) is 4.57 Å². The predicted octanol–water partition coefficient (Wildman–Crippen LogP) is 4.77. The van der Waals surface area contributed by atoms with Crippen molar-refractivity contribution in [3.63, 3.8) is 0 Å². The number of urea groups is 1. The topological polar surface area (TPSA) is 37.6 Å². The fraction of sp³-hybridized carbons (Fsp3) is 0.238. The molecular formula is C21H20FN3OS. The maximum atomic E-state index is 13.1. The number of likely N-dealkylation sites (tertiary alicyclic amines) is 1. The van der Waals surface area contributed by atoms with Crippen molar-refractivity contribution in [1.82, 2.24) is 9.47 Å². The first-order chi connectivity index (χ1) is 13.1. The second-order valence-electron chi connectivity index (χ2n) is 6.64. The molecule has 1 saturated heterocycles. The lowest BCUT2D eigenvalue weighted by Gasteiger charge is -2.10. The molecule has 1 aromatic heterocycles. The van der Waals surface area contributed by atoms with Gasteiger partial charge in [0.1, 0.15) is 5.82 Å². The summed E-state index contributed by atoms with van der Waals surface area (Å²) in [5, 5.41) is 0. The zero-order valence-electron chi connectivity index (χ0n) is 15.1. The van der Waals surface area contributed by atoms with E-state index in [0.717, 1.165) is 47.6 Å². The molecule has 0 saturated carbocycles. The van der Waals surface area contributed by atoms with Crippen LogP contribution < -0.4 is 4.80 Å². The molecule has 0 aliphatic carbocycles. The monoisotopic (exact) mass is 381 g/mol. The van der Waals surface area contributed by atoms with Crippen molar-refractivity contribution >= 4 is 17.4 Å². The van der Waals surface area contributed by atoms with Crippen molar-refractivity contribution in [2.45, 2.75) is 19.8 Å². The number of aromatic nitrogens is 1. The number of thiazole rings is 1. The van der Waals surface area contributed by atoms with E-state index in [1.807, 2.05) is 42.0 Å². The second kappa shape index (κ2) is 7.48. The van der Waals surface area contributed by atoms with E-state index >= 15 is 0 Å². The quantitative estimate of drug-likeness (QED) is 0.630. The number of hydrogen-bond acceptors (Lipinski definition) is 2. The third kappa shape index (κ3) is 3.85. The van der Waals surface area contributed by atoms with Crippen molar-refractivity contribution < 1.29 is 9.18 Å². The van der Waals surface area contributed by atoms with Crippen LogP contribution in [0.2, 0.25) is 0 Å². The van der Waals surface area contributed by atoms with Gasteiger partial charge in [0, 0.05) is 29.9 Å². The van der Waals surface area contributed by atoms with Crippen molar-refractivity contribution in [3.05, 3.63) is 70.2 Å². The first-order valence-electron chi connectivity index (χ1n) is 8.99. The number of carbonyl (C=O) groups is 1. The highest BCUT2D eigenvalue weighted by Gasteiger charge is 2.17. The summed E-state index contributed by atoms with van der Waals surface area (Å²) in [4.78, 5) is 20.3. The minimum atomic E-state index is -0.242. The van der Waals surface area contributed by atoms with Gasteiger partial charge in [-0.05, 0) is 55.2 Å². The fourth-order valence-electron chi connectivity index (χ4n) is 3.24. The van der Waals surface area contributed by atoms with E-state index in [1.54, 1.807) is 17.0 Å². The average molecular weight is 381 g/mol. The zero-order chi connectivity index (χ0) is 18.8. The number of hydrogen-bond donors (Lipinski definition) is 0. The van der Waals surface area contributed by atoms with Crippen LogP contribution in [0.4, 0.5) is 9.18 Å². The van der Waals surface area contributed by atoms with Gasteiger partial charge in [-0.2, -0.15) is 4.99 Å².